The standard InChI is InChI=1S/C17H27NO9/c1-17(6-2-4-14(20)21,7-3-5-15(22)23)18-16(24)27-13-12-26-11-10-25-9-8-19/h2-5,19H,6-13H2,1H3,(H,18,24)(H,20,21)(H,22,23). The van der Waals surface area contributed by atoms with E-state index in [-0.39, 0.29) is 39.3 Å². The highest BCUT2D eigenvalue weighted by molar-refractivity contribution is 5.80. The molecule has 0 atom stereocenters. The molecule has 0 unspecified atom stereocenters. The topological polar surface area (TPSA) is 152 Å². The highest BCUT2D eigenvalue weighted by Crippen LogP contribution is 2.17. The number of carboxylic acid groups (broad SMARTS) is 2. The third-order valence-electron chi connectivity index (χ3n) is 3.13. The van der Waals surface area contributed by atoms with Crippen LogP contribution in [-0.2, 0) is 23.8 Å². The van der Waals surface area contributed by atoms with Gasteiger partial charge >= 0.3 is 18.0 Å². The molecule has 0 fully saturated rings. The van der Waals surface area contributed by atoms with Crippen molar-refractivity contribution in [2.75, 3.05) is 39.6 Å². The fraction of sp³-hybridized carbons (Fsp3) is 0.588. The van der Waals surface area contributed by atoms with Crippen molar-refractivity contribution in [2.45, 2.75) is 25.3 Å². The lowest BCUT2D eigenvalue weighted by atomic mass is 9.93. The van der Waals surface area contributed by atoms with Gasteiger partial charge in [-0.15, -0.1) is 0 Å². The maximum absolute atomic E-state index is 11.9. The molecule has 0 aliphatic rings. The van der Waals surface area contributed by atoms with Gasteiger partial charge in [-0.05, 0) is 19.8 Å². The maximum Gasteiger partial charge on any atom is 0.407 e. The Kier molecular flexibility index (Phi) is 13.4. The van der Waals surface area contributed by atoms with Crippen LogP contribution in [-0.4, -0.2) is 78.5 Å². The van der Waals surface area contributed by atoms with Crippen LogP contribution in [0.25, 0.3) is 0 Å². The van der Waals surface area contributed by atoms with Crippen LogP contribution in [0, 0.1) is 0 Å². The quantitative estimate of drug-likeness (QED) is 0.232. The number of nitrogens with one attached hydrogen (secondary N) is 1. The van der Waals surface area contributed by atoms with E-state index < -0.39 is 23.6 Å². The lowest BCUT2D eigenvalue weighted by Gasteiger charge is -2.28. The molecule has 10 nitrogen and oxygen atoms in total. The third-order valence-corrected chi connectivity index (χ3v) is 3.13. The number of carboxylic acids is 2. The Hall–Kier alpha value is -2.43. The molecule has 1 amide bonds. The van der Waals surface area contributed by atoms with Gasteiger partial charge in [0.25, 0.3) is 0 Å². The van der Waals surface area contributed by atoms with Crippen molar-refractivity contribution >= 4 is 18.0 Å². The Balaban J connectivity index is 4.35. The van der Waals surface area contributed by atoms with Crippen molar-refractivity contribution in [3.63, 3.8) is 0 Å². The highest BCUT2D eigenvalue weighted by atomic mass is 16.6. The first kappa shape index (κ1) is 24.6. The van der Waals surface area contributed by atoms with Crippen LogP contribution >= 0.6 is 0 Å². The molecule has 0 bridgehead atoms. The van der Waals surface area contributed by atoms with Gasteiger partial charge in [0.2, 0.25) is 0 Å². The zero-order valence-corrected chi connectivity index (χ0v) is 15.3. The molecule has 0 saturated carbocycles. The molecule has 0 saturated heterocycles. The molecule has 0 spiro atoms. The minimum atomic E-state index is -1.12. The molecule has 0 aliphatic carbocycles. The number of rotatable bonds is 15. The van der Waals surface area contributed by atoms with Crippen molar-refractivity contribution in [3.05, 3.63) is 24.3 Å². The molecule has 0 aromatic carbocycles. The molecular formula is C17H27NO9. The van der Waals surface area contributed by atoms with Crippen LogP contribution < -0.4 is 5.32 Å². The van der Waals surface area contributed by atoms with Crippen molar-refractivity contribution in [1.82, 2.24) is 5.32 Å². The normalized spacial score (nSPS) is 13.6. The average Bonchev–Trinajstić information content (AvgIpc) is 2.56. The van der Waals surface area contributed by atoms with Gasteiger partial charge in [0, 0.05) is 17.7 Å². The number of hydrogen-bond acceptors (Lipinski definition) is 7. The number of alkyl carbamates (subject to hydrolysis) is 1. The summed E-state index contributed by atoms with van der Waals surface area (Å²) in [6.45, 7) is 2.57. The predicted octanol–water partition coefficient (Wildman–Crippen LogP) is 0.559. The minimum absolute atomic E-state index is 0.00214. The number of hydrogen-bond donors (Lipinski definition) is 4. The molecule has 0 aliphatic heterocycles. The van der Waals surface area contributed by atoms with E-state index in [9.17, 15) is 14.4 Å². The Bertz CT molecular complexity index is 491. The molecule has 4 N–H and O–H groups in total. The van der Waals surface area contributed by atoms with Crippen LogP contribution in [0.4, 0.5) is 4.79 Å². The van der Waals surface area contributed by atoms with Crippen LogP contribution in [0.15, 0.2) is 24.3 Å². The van der Waals surface area contributed by atoms with E-state index in [2.05, 4.69) is 5.32 Å². The monoisotopic (exact) mass is 389 g/mol. The van der Waals surface area contributed by atoms with Crippen molar-refractivity contribution in [3.8, 4) is 0 Å². The molecule has 0 aromatic heterocycles. The van der Waals surface area contributed by atoms with Gasteiger partial charge in [-0.25, -0.2) is 14.4 Å². The summed E-state index contributed by atoms with van der Waals surface area (Å²) in [6, 6.07) is 0. The lowest BCUT2D eigenvalue weighted by molar-refractivity contribution is -0.132. The lowest BCUT2D eigenvalue weighted by Crippen LogP contribution is -2.45. The van der Waals surface area contributed by atoms with E-state index in [1.165, 1.54) is 12.2 Å². The number of aliphatic carboxylic acids is 2. The SMILES string of the molecule is CC(CC=CC(=O)O)(CC=CC(=O)O)NC(=O)OCCOCCOCCO. The largest absolute Gasteiger partial charge is 0.478 e. The Morgan fingerprint density at radius 3 is 1.85 bits per heavy atom. The highest BCUT2D eigenvalue weighted by Gasteiger charge is 2.24. The van der Waals surface area contributed by atoms with E-state index >= 15 is 0 Å². The van der Waals surface area contributed by atoms with Crippen LogP contribution in [0.3, 0.4) is 0 Å². The summed E-state index contributed by atoms with van der Waals surface area (Å²) in [5.74, 6) is -2.25. The second kappa shape index (κ2) is 14.7. The number of carbonyl (C=O) groups excluding carboxylic acids is 1. The Labute approximate surface area is 157 Å². The molecule has 10 heteroatoms. The number of amides is 1. The summed E-state index contributed by atoms with van der Waals surface area (Å²) in [5.41, 5.74) is -0.923. The second-order valence-corrected chi connectivity index (χ2v) is 5.66. The number of aliphatic hydroxyl groups excluding tert-OH is 1. The smallest absolute Gasteiger partial charge is 0.407 e. The van der Waals surface area contributed by atoms with Gasteiger partial charge < -0.3 is 34.8 Å². The molecule has 0 aromatic rings. The maximum atomic E-state index is 11.9. The van der Waals surface area contributed by atoms with E-state index in [1.807, 2.05) is 0 Å². The van der Waals surface area contributed by atoms with Crippen molar-refractivity contribution < 1.29 is 43.9 Å². The van der Waals surface area contributed by atoms with E-state index in [0.29, 0.717) is 13.2 Å². The minimum Gasteiger partial charge on any atom is -0.478 e. The van der Waals surface area contributed by atoms with Gasteiger partial charge in [0.05, 0.1) is 33.0 Å². The zero-order chi connectivity index (χ0) is 20.5. The average molecular weight is 389 g/mol. The van der Waals surface area contributed by atoms with E-state index in [1.54, 1.807) is 6.92 Å². The summed E-state index contributed by atoms with van der Waals surface area (Å²) in [5, 5.41) is 28.4. The first-order valence-corrected chi connectivity index (χ1v) is 8.29. The first-order chi connectivity index (χ1) is 12.8. The summed E-state index contributed by atoms with van der Waals surface area (Å²) in [6.07, 6.45) is 4.22. The summed E-state index contributed by atoms with van der Waals surface area (Å²) in [4.78, 5) is 33.0. The first-order valence-electron chi connectivity index (χ1n) is 8.29. The second-order valence-electron chi connectivity index (χ2n) is 5.66. The fourth-order valence-corrected chi connectivity index (χ4v) is 1.89. The van der Waals surface area contributed by atoms with Gasteiger partial charge in [-0.3, -0.25) is 0 Å². The predicted molar refractivity (Wildman–Crippen MR) is 94.4 cm³/mol. The summed E-state index contributed by atoms with van der Waals surface area (Å²) in [7, 11) is 0. The molecule has 0 rings (SSSR count). The Morgan fingerprint density at radius 1 is 0.889 bits per heavy atom. The van der Waals surface area contributed by atoms with Crippen LogP contribution in [0.1, 0.15) is 19.8 Å². The Morgan fingerprint density at radius 2 is 1.37 bits per heavy atom. The van der Waals surface area contributed by atoms with Gasteiger partial charge in [0.1, 0.15) is 6.61 Å². The molecule has 0 heterocycles. The number of aliphatic hydroxyl groups is 1. The molecule has 0 radical (unpaired) electrons. The summed E-state index contributed by atoms with van der Waals surface area (Å²) < 4.78 is 15.2. The zero-order valence-electron chi connectivity index (χ0n) is 15.3. The number of ether oxygens (including phenoxy) is 3. The number of carbonyl (C=O) groups is 3. The summed E-state index contributed by atoms with van der Waals surface area (Å²) >= 11 is 0. The van der Waals surface area contributed by atoms with E-state index in [0.717, 1.165) is 12.2 Å². The van der Waals surface area contributed by atoms with Crippen molar-refractivity contribution in [1.29, 1.82) is 0 Å². The van der Waals surface area contributed by atoms with Gasteiger partial charge in [-0.1, -0.05) is 12.2 Å². The van der Waals surface area contributed by atoms with Crippen LogP contribution in [0.5, 0.6) is 0 Å². The molecule has 154 valence electrons. The van der Waals surface area contributed by atoms with E-state index in [4.69, 9.17) is 29.5 Å². The molecule has 27 heavy (non-hydrogen) atoms. The molecular weight excluding hydrogens is 362 g/mol. The van der Waals surface area contributed by atoms with Gasteiger partial charge in [0.15, 0.2) is 0 Å². The van der Waals surface area contributed by atoms with Crippen molar-refractivity contribution in [2.24, 2.45) is 0 Å². The van der Waals surface area contributed by atoms with Gasteiger partial charge in [-0.2, -0.15) is 0 Å². The van der Waals surface area contributed by atoms with Crippen LogP contribution in [0.2, 0.25) is 0 Å². The third kappa shape index (κ3) is 15.5. The fourth-order valence-electron chi connectivity index (χ4n) is 1.89.